The Hall–Kier alpha value is -1.30. The molecule has 1 rings (SSSR count). The van der Waals surface area contributed by atoms with Crippen molar-refractivity contribution in [2.75, 3.05) is 20.3 Å². The van der Waals surface area contributed by atoms with Crippen molar-refractivity contribution in [1.29, 1.82) is 0 Å². The lowest BCUT2D eigenvalue weighted by atomic mass is 9.94. The van der Waals surface area contributed by atoms with Crippen LogP contribution in [0, 0.1) is 0 Å². The van der Waals surface area contributed by atoms with E-state index in [-0.39, 0.29) is 12.1 Å². The highest BCUT2D eigenvalue weighted by atomic mass is 16.5. The Morgan fingerprint density at radius 3 is 2.52 bits per heavy atom. The maximum atomic E-state index is 12.3. The largest absolute Gasteiger partial charge is 0.480 e. The number of methoxy groups -OCH3 is 1. The molecule has 1 saturated carbocycles. The molecule has 0 aromatic carbocycles. The molecule has 2 N–H and O–H groups in total. The number of aliphatic carboxylic acids is 1. The smallest absolute Gasteiger partial charge is 0.326 e. The molecule has 21 heavy (non-hydrogen) atoms. The summed E-state index contributed by atoms with van der Waals surface area (Å²) in [5.41, 5.74) is 0. The van der Waals surface area contributed by atoms with Crippen molar-refractivity contribution in [1.82, 2.24) is 10.2 Å². The van der Waals surface area contributed by atoms with Crippen molar-refractivity contribution in [3.8, 4) is 0 Å². The van der Waals surface area contributed by atoms with Gasteiger partial charge in [-0.15, -0.1) is 0 Å². The quantitative estimate of drug-likeness (QED) is 0.674. The van der Waals surface area contributed by atoms with E-state index in [1.165, 1.54) is 6.42 Å². The zero-order chi connectivity index (χ0) is 15.7. The fraction of sp³-hybridized carbons (Fsp3) is 0.867. The molecule has 0 aromatic heterocycles. The average Bonchev–Trinajstić information content (AvgIpc) is 2.48. The second-order valence-corrected chi connectivity index (χ2v) is 5.55. The number of nitrogens with zero attached hydrogens (tertiary/aromatic N) is 1. The van der Waals surface area contributed by atoms with E-state index in [2.05, 4.69) is 5.32 Å². The number of carbonyl (C=O) groups is 2. The van der Waals surface area contributed by atoms with E-state index in [9.17, 15) is 14.7 Å². The standard InChI is InChI=1S/C15H28N2O4/c1-3-17(12-8-5-4-6-9-12)15(20)16-13(14(18)19)10-7-11-21-2/h12-13H,3-11H2,1-2H3,(H,16,20)(H,18,19). The van der Waals surface area contributed by atoms with Crippen molar-refractivity contribution in [3.63, 3.8) is 0 Å². The summed E-state index contributed by atoms with van der Waals surface area (Å²) in [6.07, 6.45) is 6.55. The van der Waals surface area contributed by atoms with Crippen LogP contribution >= 0.6 is 0 Å². The number of carbonyl (C=O) groups excluding carboxylic acids is 1. The van der Waals surface area contributed by atoms with Gasteiger partial charge in [0.05, 0.1) is 0 Å². The number of hydrogen-bond donors (Lipinski definition) is 2. The lowest BCUT2D eigenvalue weighted by Gasteiger charge is -2.34. The second-order valence-electron chi connectivity index (χ2n) is 5.55. The molecule has 0 saturated heterocycles. The molecule has 1 fully saturated rings. The van der Waals surface area contributed by atoms with Crippen molar-refractivity contribution in [3.05, 3.63) is 0 Å². The van der Waals surface area contributed by atoms with E-state index >= 15 is 0 Å². The minimum Gasteiger partial charge on any atom is -0.480 e. The highest BCUT2D eigenvalue weighted by molar-refractivity contribution is 5.82. The Balaban J connectivity index is 2.54. The lowest BCUT2D eigenvalue weighted by molar-refractivity contribution is -0.139. The summed E-state index contributed by atoms with van der Waals surface area (Å²) in [5.74, 6) is -0.987. The molecule has 0 radical (unpaired) electrons. The number of hydrogen-bond acceptors (Lipinski definition) is 3. The van der Waals surface area contributed by atoms with E-state index in [4.69, 9.17) is 4.74 Å². The number of nitrogens with one attached hydrogen (secondary N) is 1. The normalized spacial score (nSPS) is 17.2. The predicted octanol–water partition coefficient (Wildman–Crippen LogP) is 2.23. The summed E-state index contributed by atoms with van der Waals surface area (Å²) >= 11 is 0. The molecule has 0 heterocycles. The van der Waals surface area contributed by atoms with E-state index in [0.717, 1.165) is 25.7 Å². The van der Waals surface area contributed by atoms with Gasteiger partial charge in [0.1, 0.15) is 6.04 Å². The van der Waals surface area contributed by atoms with Crippen LogP contribution in [0.1, 0.15) is 51.9 Å². The van der Waals surface area contributed by atoms with Gasteiger partial charge >= 0.3 is 12.0 Å². The number of carboxylic acid groups (broad SMARTS) is 1. The molecule has 122 valence electrons. The van der Waals surface area contributed by atoms with Gasteiger partial charge in [-0.2, -0.15) is 0 Å². The van der Waals surface area contributed by atoms with Crippen molar-refractivity contribution >= 4 is 12.0 Å². The van der Waals surface area contributed by atoms with E-state index in [1.54, 1.807) is 12.0 Å². The summed E-state index contributed by atoms with van der Waals surface area (Å²) in [5, 5.41) is 11.9. The Labute approximate surface area is 126 Å². The third-order valence-corrected chi connectivity index (χ3v) is 4.05. The molecule has 0 spiro atoms. The summed E-state index contributed by atoms with van der Waals surface area (Å²) in [4.78, 5) is 25.4. The van der Waals surface area contributed by atoms with E-state index < -0.39 is 12.0 Å². The first kappa shape index (κ1) is 17.8. The van der Waals surface area contributed by atoms with Crippen LogP contribution in [0.5, 0.6) is 0 Å². The van der Waals surface area contributed by atoms with Crippen molar-refractivity contribution < 1.29 is 19.4 Å². The van der Waals surface area contributed by atoms with Gasteiger partial charge in [-0.25, -0.2) is 9.59 Å². The zero-order valence-corrected chi connectivity index (χ0v) is 13.1. The number of amides is 2. The van der Waals surface area contributed by atoms with Crippen LogP contribution in [0.25, 0.3) is 0 Å². The third-order valence-electron chi connectivity index (χ3n) is 4.05. The minimum absolute atomic E-state index is 0.247. The molecular weight excluding hydrogens is 272 g/mol. The Morgan fingerprint density at radius 1 is 1.33 bits per heavy atom. The van der Waals surface area contributed by atoms with Crippen LogP contribution in [0.2, 0.25) is 0 Å². The Bertz CT molecular complexity index is 330. The van der Waals surface area contributed by atoms with Gasteiger partial charge in [0.15, 0.2) is 0 Å². The maximum Gasteiger partial charge on any atom is 0.326 e. The van der Waals surface area contributed by atoms with Gasteiger partial charge in [0.25, 0.3) is 0 Å². The Kier molecular flexibility index (Phi) is 8.12. The third kappa shape index (κ3) is 5.91. The molecule has 0 aromatic rings. The molecule has 0 aliphatic heterocycles. The highest BCUT2D eigenvalue weighted by Crippen LogP contribution is 2.22. The predicted molar refractivity (Wildman–Crippen MR) is 80.3 cm³/mol. The van der Waals surface area contributed by atoms with Gasteiger partial charge in [-0.05, 0) is 32.6 Å². The minimum atomic E-state index is -0.987. The number of rotatable bonds is 8. The molecule has 2 amide bonds. The summed E-state index contributed by atoms with van der Waals surface area (Å²) < 4.78 is 4.92. The molecule has 1 aliphatic rings. The number of urea groups is 1. The fourth-order valence-electron chi connectivity index (χ4n) is 2.88. The van der Waals surface area contributed by atoms with E-state index in [1.807, 2.05) is 6.92 Å². The number of carboxylic acids is 1. The zero-order valence-electron chi connectivity index (χ0n) is 13.1. The first-order chi connectivity index (χ1) is 10.1. The highest BCUT2D eigenvalue weighted by Gasteiger charge is 2.27. The van der Waals surface area contributed by atoms with Gasteiger partial charge in [-0.1, -0.05) is 19.3 Å². The SMILES string of the molecule is CCN(C(=O)NC(CCCOC)C(=O)O)C1CCCCC1. The van der Waals surface area contributed by atoms with Crippen LogP contribution in [0.15, 0.2) is 0 Å². The van der Waals surface area contributed by atoms with Gasteiger partial charge in [0, 0.05) is 26.3 Å². The first-order valence-electron chi connectivity index (χ1n) is 7.89. The molecular formula is C15H28N2O4. The molecule has 6 heteroatoms. The summed E-state index contributed by atoms with van der Waals surface area (Å²) in [6.45, 7) is 3.05. The Morgan fingerprint density at radius 2 is 2.00 bits per heavy atom. The summed E-state index contributed by atoms with van der Waals surface area (Å²) in [7, 11) is 1.58. The second kappa shape index (κ2) is 9.60. The van der Waals surface area contributed by atoms with Crippen LogP contribution in [-0.2, 0) is 9.53 Å². The lowest BCUT2D eigenvalue weighted by Crippen LogP contribution is -2.51. The molecule has 1 unspecified atom stereocenters. The van der Waals surface area contributed by atoms with Crippen LogP contribution in [0.4, 0.5) is 4.79 Å². The topological polar surface area (TPSA) is 78.9 Å². The fourth-order valence-corrected chi connectivity index (χ4v) is 2.88. The first-order valence-corrected chi connectivity index (χ1v) is 7.89. The summed E-state index contributed by atoms with van der Waals surface area (Å²) in [6, 6.07) is -0.850. The monoisotopic (exact) mass is 300 g/mol. The van der Waals surface area contributed by atoms with Crippen LogP contribution < -0.4 is 5.32 Å². The van der Waals surface area contributed by atoms with Crippen molar-refractivity contribution in [2.45, 2.75) is 64.0 Å². The van der Waals surface area contributed by atoms with Crippen LogP contribution in [0.3, 0.4) is 0 Å². The maximum absolute atomic E-state index is 12.3. The van der Waals surface area contributed by atoms with Gasteiger partial charge in [0.2, 0.25) is 0 Å². The van der Waals surface area contributed by atoms with Crippen LogP contribution in [-0.4, -0.2) is 54.4 Å². The van der Waals surface area contributed by atoms with Gasteiger partial charge in [-0.3, -0.25) is 0 Å². The average molecular weight is 300 g/mol. The number of ether oxygens (including phenoxy) is 1. The van der Waals surface area contributed by atoms with Gasteiger partial charge < -0.3 is 20.1 Å². The molecule has 1 aliphatic carbocycles. The molecule has 6 nitrogen and oxygen atoms in total. The van der Waals surface area contributed by atoms with Crippen molar-refractivity contribution in [2.24, 2.45) is 0 Å². The van der Waals surface area contributed by atoms with E-state index in [0.29, 0.717) is 26.0 Å². The molecule has 1 atom stereocenters. The molecule has 0 bridgehead atoms.